The van der Waals surface area contributed by atoms with Crippen molar-refractivity contribution in [3.63, 3.8) is 0 Å². The van der Waals surface area contributed by atoms with E-state index in [4.69, 9.17) is 5.73 Å². The van der Waals surface area contributed by atoms with Gasteiger partial charge in [0.2, 0.25) is 0 Å². The summed E-state index contributed by atoms with van der Waals surface area (Å²) in [5.74, 6) is 0.856. The molecule has 0 aromatic heterocycles. The fourth-order valence-electron chi connectivity index (χ4n) is 1.72. The Morgan fingerprint density at radius 1 is 1.31 bits per heavy atom. The third-order valence-electron chi connectivity index (χ3n) is 2.76. The van der Waals surface area contributed by atoms with Crippen LogP contribution in [0, 0.1) is 11.3 Å². The molecule has 0 aliphatic heterocycles. The molecule has 0 aromatic rings. The maximum Gasteiger partial charge on any atom is 0.00450 e. The maximum atomic E-state index is 5.71. The number of nitrogens with one attached hydrogen (secondary N) is 1. The average Bonchev–Trinajstić information content (AvgIpc) is 1.91. The van der Waals surface area contributed by atoms with Crippen LogP contribution in [0.5, 0.6) is 0 Å². The average molecular weight is 184 g/mol. The molecule has 0 saturated heterocycles. The highest BCUT2D eigenvalue weighted by molar-refractivity contribution is 4.83. The van der Waals surface area contributed by atoms with E-state index in [0.717, 1.165) is 12.5 Å². The molecule has 0 radical (unpaired) electrons. The molecule has 0 amide bonds. The van der Waals surface area contributed by atoms with Crippen molar-refractivity contribution >= 4 is 0 Å². The van der Waals surface area contributed by atoms with Crippen LogP contribution in [0.4, 0.5) is 0 Å². The Balaban J connectivity index is 1.90. The smallest absolute Gasteiger partial charge is 0.00450 e. The van der Waals surface area contributed by atoms with Crippen LogP contribution in [0.3, 0.4) is 0 Å². The molecular weight excluding hydrogens is 160 g/mol. The standard InChI is InChI=1S/C11H24N2/c1-11(2,3)4-5-13-8-9-6-10(12)7-9/h9-10,13H,4-8,12H2,1-3H3. The normalized spacial score (nSPS) is 28.6. The van der Waals surface area contributed by atoms with Crippen LogP contribution in [0.15, 0.2) is 0 Å². The fourth-order valence-corrected chi connectivity index (χ4v) is 1.72. The maximum absolute atomic E-state index is 5.71. The Labute approximate surface area is 82.3 Å². The first-order valence-corrected chi connectivity index (χ1v) is 5.44. The van der Waals surface area contributed by atoms with Gasteiger partial charge in [0.1, 0.15) is 0 Å². The first kappa shape index (κ1) is 11.0. The molecule has 1 aliphatic carbocycles. The van der Waals surface area contributed by atoms with Crippen molar-refractivity contribution in [3.8, 4) is 0 Å². The first-order chi connectivity index (χ1) is 5.97. The fraction of sp³-hybridized carbons (Fsp3) is 1.00. The zero-order valence-electron chi connectivity index (χ0n) is 9.27. The molecule has 1 rings (SSSR count). The van der Waals surface area contributed by atoms with Gasteiger partial charge in [0, 0.05) is 6.04 Å². The molecule has 1 fully saturated rings. The van der Waals surface area contributed by atoms with Crippen molar-refractivity contribution in [1.82, 2.24) is 5.32 Å². The van der Waals surface area contributed by atoms with Gasteiger partial charge in [0.25, 0.3) is 0 Å². The number of hydrogen-bond donors (Lipinski definition) is 2. The van der Waals surface area contributed by atoms with Crippen LogP contribution in [-0.4, -0.2) is 19.1 Å². The SMILES string of the molecule is CC(C)(C)CCNCC1CC(N)C1. The van der Waals surface area contributed by atoms with Gasteiger partial charge in [0.05, 0.1) is 0 Å². The van der Waals surface area contributed by atoms with Gasteiger partial charge in [-0.3, -0.25) is 0 Å². The lowest BCUT2D eigenvalue weighted by molar-refractivity contribution is 0.251. The summed E-state index contributed by atoms with van der Waals surface area (Å²) < 4.78 is 0. The molecule has 1 saturated carbocycles. The van der Waals surface area contributed by atoms with Gasteiger partial charge in [-0.2, -0.15) is 0 Å². The lowest BCUT2D eigenvalue weighted by atomic mass is 9.81. The van der Waals surface area contributed by atoms with Crippen LogP contribution in [0.25, 0.3) is 0 Å². The third-order valence-corrected chi connectivity index (χ3v) is 2.76. The van der Waals surface area contributed by atoms with E-state index in [1.165, 1.54) is 25.8 Å². The van der Waals surface area contributed by atoms with Crippen molar-refractivity contribution in [2.24, 2.45) is 17.1 Å². The summed E-state index contributed by atoms with van der Waals surface area (Å²) in [5, 5.41) is 3.51. The Hall–Kier alpha value is -0.0800. The summed E-state index contributed by atoms with van der Waals surface area (Å²) in [5.41, 5.74) is 6.18. The molecule has 0 unspecified atom stereocenters. The predicted octanol–water partition coefficient (Wildman–Crippen LogP) is 1.75. The molecular formula is C11H24N2. The molecule has 13 heavy (non-hydrogen) atoms. The zero-order valence-corrected chi connectivity index (χ0v) is 9.27. The number of hydrogen-bond acceptors (Lipinski definition) is 2. The van der Waals surface area contributed by atoms with Crippen molar-refractivity contribution in [2.45, 2.75) is 46.1 Å². The molecule has 1 aliphatic rings. The Bertz CT molecular complexity index is 143. The van der Waals surface area contributed by atoms with E-state index in [0.29, 0.717) is 11.5 Å². The van der Waals surface area contributed by atoms with Gasteiger partial charge < -0.3 is 11.1 Å². The monoisotopic (exact) mass is 184 g/mol. The van der Waals surface area contributed by atoms with E-state index >= 15 is 0 Å². The van der Waals surface area contributed by atoms with Crippen LogP contribution in [0.1, 0.15) is 40.0 Å². The quantitative estimate of drug-likeness (QED) is 0.653. The van der Waals surface area contributed by atoms with E-state index in [9.17, 15) is 0 Å². The molecule has 0 bridgehead atoms. The summed E-state index contributed by atoms with van der Waals surface area (Å²) in [4.78, 5) is 0. The summed E-state index contributed by atoms with van der Waals surface area (Å²) in [6.45, 7) is 9.18. The van der Waals surface area contributed by atoms with Crippen molar-refractivity contribution in [3.05, 3.63) is 0 Å². The zero-order chi connectivity index (χ0) is 9.90. The Kier molecular flexibility index (Phi) is 3.74. The van der Waals surface area contributed by atoms with Crippen molar-refractivity contribution < 1.29 is 0 Å². The number of nitrogens with two attached hydrogens (primary N) is 1. The highest BCUT2D eigenvalue weighted by atomic mass is 14.9. The van der Waals surface area contributed by atoms with Crippen molar-refractivity contribution in [2.75, 3.05) is 13.1 Å². The van der Waals surface area contributed by atoms with E-state index in [2.05, 4.69) is 26.1 Å². The van der Waals surface area contributed by atoms with Crippen LogP contribution in [-0.2, 0) is 0 Å². The summed E-state index contributed by atoms with van der Waals surface area (Å²) in [6, 6.07) is 0.495. The third kappa shape index (κ3) is 4.63. The number of rotatable bonds is 4. The van der Waals surface area contributed by atoms with E-state index in [-0.39, 0.29) is 0 Å². The lowest BCUT2D eigenvalue weighted by Crippen LogP contribution is -2.41. The van der Waals surface area contributed by atoms with Gasteiger partial charge in [-0.25, -0.2) is 0 Å². The van der Waals surface area contributed by atoms with E-state index in [1.54, 1.807) is 0 Å². The van der Waals surface area contributed by atoms with E-state index in [1.807, 2.05) is 0 Å². The molecule has 0 aromatic carbocycles. The Morgan fingerprint density at radius 3 is 2.38 bits per heavy atom. The van der Waals surface area contributed by atoms with Gasteiger partial charge in [-0.15, -0.1) is 0 Å². The lowest BCUT2D eigenvalue weighted by Gasteiger charge is -2.32. The largest absolute Gasteiger partial charge is 0.328 e. The predicted molar refractivity (Wildman–Crippen MR) is 57.6 cm³/mol. The highest BCUT2D eigenvalue weighted by Crippen LogP contribution is 2.24. The molecule has 78 valence electrons. The molecule has 0 heterocycles. The van der Waals surface area contributed by atoms with E-state index < -0.39 is 0 Å². The minimum absolute atomic E-state index is 0.461. The minimum Gasteiger partial charge on any atom is -0.328 e. The molecule has 0 spiro atoms. The summed E-state index contributed by atoms with van der Waals surface area (Å²) in [7, 11) is 0. The van der Waals surface area contributed by atoms with Gasteiger partial charge in [-0.1, -0.05) is 20.8 Å². The Morgan fingerprint density at radius 2 is 1.92 bits per heavy atom. The second-order valence-electron chi connectivity index (χ2n) is 5.61. The van der Waals surface area contributed by atoms with Gasteiger partial charge >= 0.3 is 0 Å². The molecule has 3 N–H and O–H groups in total. The van der Waals surface area contributed by atoms with Crippen LogP contribution >= 0.6 is 0 Å². The first-order valence-electron chi connectivity index (χ1n) is 5.44. The minimum atomic E-state index is 0.461. The summed E-state index contributed by atoms with van der Waals surface area (Å²) >= 11 is 0. The van der Waals surface area contributed by atoms with Crippen molar-refractivity contribution in [1.29, 1.82) is 0 Å². The second kappa shape index (κ2) is 4.43. The molecule has 2 nitrogen and oxygen atoms in total. The van der Waals surface area contributed by atoms with Gasteiger partial charge in [-0.05, 0) is 43.7 Å². The molecule has 0 atom stereocenters. The topological polar surface area (TPSA) is 38.0 Å². The van der Waals surface area contributed by atoms with Crippen LogP contribution < -0.4 is 11.1 Å². The second-order valence-corrected chi connectivity index (χ2v) is 5.61. The summed E-state index contributed by atoms with van der Waals surface area (Å²) in [6.07, 6.45) is 3.71. The van der Waals surface area contributed by atoms with Crippen LogP contribution in [0.2, 0.25) is 0 Å². The van der Waals surface area contributed by atoms with Gasteiger partial charge in [0.15, 0.2) is 0 Å². The highest BCUT2D eigenvalue weighted by Gasteiger charge is 2.25. The molecule has 2 heteroatoms.